The van der Waals surface area contributed by atoms with Crippen molar-refractivity contribution in [3.63, 3.8) is 0 Å². The number of rotatable bonds is 9. The maximum absolute atomic E-state index is 6.10. The van der Waals surface area contributed by atoms with Crippen molar-refractivity contribution in [2.45, 2.75) is 38.3 Å². The first-order valence-corrected chi connectivity index (χ1v) is 11.9. The molecule has 4 aromatic rings. The van der Waals surface area contributed by atoms with Gasteiger partial charge < -0.3 is 14.8 Å². The average molecular weight is 457 g/mol. The number of benzene rings is 1. The van der Waals surface area contributed by atoms with Gasteiger partial charge in [0.25, 0.3) is 0 Å². The fraction of sp³-hybridized carbons (Fsp3) is 0.385. The van der Waals surface area contributed by atoms with Crippen LogP contribution in [0, 0.1) is 5.92 Å². The van der Waals surface area contributed by atoms with Crippen molar-refractivity contribution < 1.29 is 9.47 Å². The second kappa shape index (κ2) is 9.02. The Bertz CT molecular complexity index is 1300. The van der Waals surface area contributed by atoms with E-state index >= 15 is 0 Å². The van der Waals surface area contributed by atoms with E-state index in [4.69, 9.17) is 9.47 Å². The highest BCUT2D eigenvalue weighted by Gasteiger charge is 2.24. The third-order valence-electron chi connectivity index (χ3n) is 6.51. The van der Waals surface area contributed by atoms with Gasteiger partial charge >= 0.3 is 0 Å². The summed E-state index contributed by atoms with van der Waals surface area (Å²) in [7, 11) is 0. The fourth-order valence-corrected chi connectivity index (χ4v) is 4.23. The van der Waals surface area contributed by atoms with Gasteiger partial charge in [-0.05, 0) is 36.5 Å². The molecule has 1 aliphatic heterocycles. The summed E-state index contributed by atoms with van der Waals surface area (Å²) >= 11 is 0. The van der Waals surface area contributed by atoms with E-state index in [1.165, 1.54) is 18.4 Å². The Kier molecular flexibility index (Phi) is 5.58. The molecular weight excluding hydrogens is 428 g/mol. The van der Waals surface area contributed by atoms with E-state index in [0.29, 0.717) is 13.2 Å². The predicted molar refractivity (Wildman–Crippen MR) is 130 cm³/mol. The molecule has 1 unspecified atom stereocenters. The summed E-state index contributed by atoms with van der Waals surface area (Å²) < 4.78 is 13.4. The lowest BCUT2D eigenvalue weighted by Crippen LogP contribution is -2.38. The molecule has 0 amide bonds. The van der Waals surface area contributed by atoms with Crippen LogP contribution < -0.4 is 10.1 Å². The van der Waals surface area contributed by atoms with Crippen molar-refractivity contribution in [2.24, 2.45) is 5.92 Å². The number of hydrogen-bond acceptors (Lipinski definition) is 7. The van der Waals surface area contributed by atoms with Crippen LogP contribution in [0.1, 0.15) is 31.2 Å². The van der Waals surface area contributed by atoms with E-state index in [0.717, 1.165) is 52.9 Å². The molecular formula is C26H28N6O2. The van der Waals surface area contributed by atoms with Gasteiger partial charge in [-0.1, -0.05) is 25.1 Å². The van der Waals surface area contributed by atoms with Crippen molar-refractivity contribution in [3.8, 4) is 17.0 Å². The largest absolute Gasteiger partial charge is 0.485 e. The van der Waals surface area contributed by atoms with Gasteiger partial charge in [-0.3, -0.25) is 0 Å². The molecule has 1 aromatic carbocycles. The topological polar surface area (TPSA) is 87.0 Å². The molecule has 174 valence electrons. The molecule has 1 aliphatic carbocycles. The summed E-state index contributed by atoms with van der Waals surface area (Å²) in [6, 6.07) is 12.3. The van der Waals surface area contributed by atoms with Crippen LogP contribution in [0.15, 0.2) is 55.1 Å². The quantitative estimate of drug-likeness (QED) is 0.402. The highest BCUT2D eigenvalue weighted by atomic mass is 16.6. The van der Waals surface area contributed by atoms with Crippen molar-refractivity contribution in [3.05, 3.63) is 60.7 Å². The number of fused-ring (bicyclic) bond motifs is 1. The van der Waals surface area contributed by atoms with Gasteiger partial charge in [0.1, 0.15) is 24.0 Å². The lowest BCUT2D eigenvalue weighted by atomic mass is 10.00. The van der Waals surface area contributed by atoms with E-state index in [1.807, 2.05) is 35.3 Å². The molecule has 1 saturated carbocycles. The molecule has 1 N–H and O–H groups in total. The minimum absolute atomic E-state index is 0.150. The van der Waals surface area contributed by atoms with Crippen LogP contribution in [0.25, 0.3) is 22.3 Å². The molecule has 1 saturated heterocycles. The van der Waals surface area contributed by atoms with Crippen LogP contribution in [0.5, 0.6) is 5.75 Å². The van der Waals surface area contributed by atoms with E-state index in [1.54, 1.807) is 6.33 Å². The Morgan fingerprint density at radius 1 is 1.12 bits per heavy atom. The molecule has 2 aliphatic rings. The smallest absolute Gasteiger partial charge is 0.157 e. The zero-order valence-corrected chi connectivity index (χ0v) is 19.2. The number of anilines is 1. The molecule has 1 atom stereocenters. The SMILES string of the molecule is CC(CNc1cc(-c2cnc3c(cnn3CC3CC3)c2)ncn1)c1ccccc1OC1COC1. The van der Waals surface area contributed by atoms with Crippen LogP contribution in [0.3, 0.4) is 0 Å². The zero-order chi connectivity index (χ0) is 22.9. The maximum atomic E-state index is 6.10. The molecule has 0 spiro atoms. The summed E-state index contributed by atoms with van der Waals surface area (Å²) in [5.74, 6) is 2.71. The first-order valence-electron chi connectivity index (χ1n) is 11.9. The van der Waals surface area contributed by atoms with Gasteiger partial charge in [-0.25, -0.2) is 19.6 Å². The normalized spacial score (nSPS) is 16.9. The molecule has 8 heteroatoms. The summed E-state index contributed by atoms with van der Waals surface area (Å²) in [6.07, 6.45) is 8.10. The van der Waals surface area contributed by atoms with Gasteiger partial charge in [0.2, 0.25) is 0 Å². The number of ether oxygens (including phenoxy) is 2. The first kappa shape index (κ1) is 21.0. The van der Waals surface area contributed by atoms with E-state index in [2.05, 4.69) is 50.5 Å². The highest BCUT2D eigenvalue weighted by Crippen LogP contribution is 2.32. The number of nitrogens with one attached hydrogen (secondary N) is 1. The second-order valence-corrected chi connectivity index (χ2v) is 9.29. The second-order valence-electron chi connectivity index (χ2n) is 9.29. The van der Waals surface area contributed by atoms with Crippen LogP contribution in [-0.2, 0) is 11.3 Å². The minimum Gasteiger partial charge on any atom is -0.485 e. The number of aromatic nitrogens is 5. The first-order chi connectivity index (χ1) is 16.7. The molecule has 0 bridgehead atoms. The highest BCUT2D eigenvalue weighted by molar-refractivity contribution is 5.80. The van der Waals surface area contributed by atoms with E-state index < -0.39 is 0 Å². The average Bonchev–Trinajstić information content (AvgIpc) is 3.58. The van der Waals surface area contributed by atoms with E-state index in [9.17, 15) is 0 Å². The molecule has 6 rings (SSSR count). The molecule has 0 radical (unpaired) electrons. The molecule has 3 aromatic heterocycles. The van der Waals surface area contributed by atoms with Crippen molar-refractivity contribution in [1.82, 2.24) is 24.7 Å². The Hall–Kier alpha value is -3.52. The number of nitrogens with zero attached hydrogens (tertiary/aromatic N) is 5. The molecule has 34 heavy (non-hydrogen) atoms. The third kappa shape index (κ3) is 4.46. The maximum Gasteiger partial charge on any atom is 0.157 e. The van der Waals surface area contributed by atoms with Gasteiger partial charge in [-0.2, -0.15) is 5.10 Å². The monoisotopic (exact) mass is 456 g/mol. The predicted octanol–water partition coefficient (Wildman–Crippen LogP) is 4.29. The van der Waals surface area contributed by atoms with Gasteiger partial charge in [0, 0.05) is 42.2 Å². The van der Waals surface area contributed by atoms with Crippen LogP contribution in [-0.4, -0.2) is 50.6 Å². The molecule has 2 fully saturated rings. The van der Waals surface area contributed by atoms with Crippen molar-refractivity contribution >= 4 is 16.9 Å². The number of para-hydroxylation sites is 1. The van der Waals surface area contributed by atoms with Gasteiger partial charge in [0.05, 0.1) is 25.1 Å². The van der Waals surface area contributed by atoms with Crippen molar-refractivity contribution in [1.29, 1.82) is 0 Å². The van der Waals surface area contributed by atoms with Crippen LogP contribution >= 0.6 is 0 Å². The van der Waals surface area contributed by atoms with Crippen LogP contribution in [0.4, 0.5) is 5.82 Å². The standard InChI is InChI=1S/C26H28N6O2/c1-17(22-4-2-3-5-24(22)34-21-14-33-15-21)10-27-25-9-23(29-16-30-25)19-8-20-12-31-32(13-18-6-7-18)26(20)28-11-19/h2-5,8-9,11-12,16-18,21H,6-7,10,13-15H2,1H3,(H,27,29,30). The number of hydrogen-bond donors (Lipinski definition) is 1. The Morgan fingerprint density at radius 2 is 2.00 bits per heavy atom. The Balaban J connectivity index is 1.15. The lowest BCUT2D eigenvalue weighted by molar-refractivity contribution is -0.0800. The lowest BCUT2D eigenvalue weighted by Gasteiger charge is -2.28. The summed E-state index contributed by atoms with van der Waals surface area (Å²) in [5, 5.41) is 9.03. The minimum atomic E-state index is 0.150. The molecule has 8 nitrogen and oxygen atoms in total. The van der Waals surface area contributed by atoms with E-state index in [-0.39, 0.29) is 12.0 Å². The Labute approximate surface area is 198 Å². The van der Waals surface area contributed by atoms with Crippen molar-refractivity contribution in [2.75, 3.05) is 25.1 Å². The summed E-state index contributed by atoms with van der Waals surface area (Å²) in [5.41, 5.74) is 3.90. The number of pyridine rings is 1. The zero-order valence-electron chi connectivity index (χ0n) is 19.2. The fourth-order valence-electron chi connectivity index (χ4n) is 4.23. The van der Waals surface area contributed by atoms with Crippen LogP contribution in [0.2, 0.25) is 0 Å². The summed E-state index contributed by atoms with van der Waals surface area (Å²) in [4.78, 5) is 13.6. The van der Waals surface area contributed by atoms with Gasteiger partial charge in [0.15, 0.2) is 5.65 Å². The molecule has 4 heterocycles. The summed E-state index contributed by atoms with van der Waals surface area (Å²) in [6.45, 7) is 5.19. The van der Waals surface area contributed by atoms with Gasteiger partial charge in [-0.15, -0.1) is 0 Å². The third-order valence-corrected chi connectivity index (χ3v) is 6.51. The Morgan fingerprint density at radius 3 is 2.82 bits per heavy atom.